The van der Waals surface area contributed by atoms with Gasteiger partial charge in [-0.2, -0.15) is 5.10 Å². The van der Waals surface area contributed by atoms with Gasteiger partial charge in [0.2, 0.25) is 5.91 Å². The molecule has 1 aliphatic carbocycles. The van der Waals surface area contributed by atoms with Gasteiger partial charge in [-0.1, -0.05) is 32.0 Å². The minimum Gasteiger partial charge on any atom is -0.396 e. The Bertz CT molecular complexity index is 884. The molecule has 0 saturated heterocycles. The first kappa shape index (κ1) is 21.3. The predicted molar refractivity (Wildman–Crippen MR) is 109 cm³/mol. The van der Waals surface area contributed by atoms with Gasteiger partial charge in [-0.15, -0.1) is 0 Å². The summed E-state index contributed by atoms with van der Waals surface area (Å²) < 4.78 is 1.84. The molecule has 2 amide bonds. The van der Waals surface area contributed by atoms with Crippen LogP contribution in [0, 0.1) is 11.3 Å². The Morgan fingerprint density at radius 3 is 2.55 bits per heavy atom. The van der Waals surface area contributed by atoms with Crippen LogP contribution in [0.2, 0.25) is 0 Å². The molecular formula is C21H30N4O4. The van der Waals surface area contributed by atoms with Crippen LogP contribution in [0.4, 0.5) is 0 Å². The molecule has 0 aliphatic heterocycles. The summed E-state index contributed by atoms with van der Waals surface area (Å²) in [6, 6.07) is 6.46. The quantitative estimate of drug-likeness (QED) is 0.553. The second-order valence-corrected chi connectivity index (χ2v) is 8.68. The highest BCUT2D eigenvalue weighted by Crippen LogP contribution is 2.28. The first-order valence-electron chi connectivity index (χ1n) is 10.1. The summed E-state index contributed by atoms with van der Waals surface area (Å²) in [6.07, 6.45) is 3.19. The lowest BCUT2D eigenvalue weighted by Crippen LogP contribution is -2.54. The van der Waals surface area contributed by atoms with Crippen LogP contribution in [0.25, 0.3) is 10.9 Å². The Labute approximate surface area is 170 Å². The summed E-state index contributed by atoms with van der Waals surface area (Å²) in [7, 11) is 0. The molecule has 1 aromatic carbocycles. The van der Waals surface area contributed by atoms with Crippen molar-refractivity contribution in [2.24, 2.45) is 17.1 Å². The first-order chi connectivity index (χ1) is 13.7. The van der Waals surface area contributed by atoms with E-state index in [9.17, 15) is 19.8 Å². The largest absolute Gasteiger partial charge is 0.396 e. The van der Waals surface area contributed by atoms with Crippen molar-refractivity contribution in [3.8, 4) is 0 Å². The second-order valence-electron chi connectivity index (χ2n) is 8.68. The van der Waals surface area contributed by atoms with Crippen molar-refractivity contribution >= 4 is 22.7 Å². The molecule has 1 saturated carbocycles. The van der Waals surface area contributed by atoms with E-state index in [1.165, 1.54) is 0 Å². The zero-order valence-corrected chi connectivity index (χ0v) is 17.0. The average molecular weight is 402 g/mol. The molecule has 8 heteroatoms. The molecule has 0 radical (unpaired) electrons. The molecule has 1 aromatic heterocycles. The number of nitrogens with one attached hydrogen (secondary N) is 1. The van der Waals surface area contributed by atoms with Gasteiger partial charge in [-0.05, 0) is 37.7 Å². The zero-order chi connectivity index (χ0) is 21.2. The Hall–Kier alpha value is -2.45. The Morgan fingerprint density at radius 1 is 1.28 bits per heavy atom. The number of benzene rings is 1. The number of aliphatic hydroxyl groups is 2. The number of nitrogens with zero attached hydrogens (tertiary/aromatic N) is 2. The molecule has 0 unspecified atom stereocenters. The van der Waals surface area contributed by atoms with E-state index in [1.807, 2.05) is 28.9 Å². The SMILES string of the molecule is CC(C)(CO)[C@H](NC(=O)c1nn(CC2CCC(O)CC2)c2ccccc12)C(N)=O. The normalized spacial score (nSPS) is 21.1. The van der Waals surface area contributed by atoms with E-state index < -0.39 is 23.3 Å². The number of primary amides is 1. The maximum Gasteiger partial charge on any atom is 0.273 e. The van der Waals surface area contributed by atoms with Crippen molar-refractivity contribution < 1.29 is 19.8 Å². The number of carbonyl (C=O) groups excluding carboxylic acids is 2. The van der Waals surface area contributed by atoms with E-state index in [2.05, 4.69) is 10.4 Å². The van der Waals surface area contributed by atoms with E-state index in [4.69, 9.17) is 5.73 Å². The molecule has 1 atom stereocenters. The summed E-state index contributed by atoms with van der Waals surface area (Å²) >= 11 is 0. The van der Waals surface area contributed by atoms with Gasteiger partial charge in [0.1, 0.15) is 6.04 Å². The van der Waals surface area contributed by atoms with Crippen LogP contribution >= 0.6 is 0 Å². The third-order valence-electron chi connectivity index (χ3n) is 5.87. The highest BCUT2D eigenvalue weighted by molar-refractivity contribution is 6.06. The zero-order valence-electron chi connectivity index (χ0n) is 17.0. The molecule has 0 bridgehead atoms. The molecule has 8 nitrogen and oxygen atoms in total. The Morgan fingerprint density at radius 2 is 1.93 bits per heavy atom. The summed E-state index contributed by atoms with van der Waals surface area (Å²) in [4.78, 5) is 24.9. The van der Waals surface area contributed by atoms with Gasteiger partial charge in [0, 0.05) is 17.3 Å². The number of fused-ring (bicyclic) bond motifs is 1. The highest BCUT2D eigenvalue weighted by atomic mass is 16.3. The third kappa shape index (κ3) is 4.59. The highest BCUT2D eigenvalue weighted by Gasteiger charge is 2.35. The van der Waals surface area contributed by atoms with E-state index in [-0.39, 0.29) is 18.4 Å². The number of hydrogen-bond acceptors (Lipinski definition) is 5. The maximum atomic E-state index is 13.0. The minimum absolute atomic E-state index is 0.220. The van der Waals surface area contributed by atoms with Crippen molar-refractivity contribution in [1.82, 2.24) is 15.1 Å². The lowest BCUT2D eigenvalue weighted by atomic mass is 9.84. The number of aromatic nitrogens is 2. The van der Waals surface area contributed by atoms with E-state index in [0.29, 0.717) is 17.8 Å². The van der Waals surface area contributed by atoms with E-state index >= 15 is 0 Å². The van der Waals surface area contributed by atoms with Gasteiger partial charge in [0.05, 0.1) is 18.2 Å². The summed E-state index contributed by atoms with van der Waals surface area (Å²) in [5.74, 6) is -0.810. The molecule has 1 fully saturated rings. The van der Waals surface area contributed by atoms with Gasteiger partial charge in [0.15, 0.2) is 5.69 Å². The van der Waals surface area contributed by atoms with Gasteiger partial charge in [0.25, 0.3) is 5.91 Å². The fourth-order valence-corrected chi connectivity index (χ4v) is 3.95. The van der Waals surface area contributed by atoms with Crippen molar-refractivity contribution in [1.29, 1.82) is 0 Å². The van der Waals surface area contributed by atoms with Crippen LogP contribution in [0.5, 0.6) is 0 Å². The molecule has 158 valence electrons. The first-order valence-corrected chi connectivity index (χ1v) is 10.1. The van der Waals surface area contributed by atoms with Crippen molar-refractivity contribution in [3.05, 3.63) is 30.0 Å². The average Bonchev–Trinajstić information content (AvgIpc) is 3.06. The van der Waals surface area contributed by atoms with Crippen molar-refractivity contribution in [2.45, 2.75) is 58.2 Å². The second kappa shape index (κ2) is 8.51. The molecule has 5 N–H and O–H groups in total. The molecule has 3 rings (SSSR count). The van der Waals surface area contributed by atoms with Crippen LogP contribution in [0.15, 0.2) is 24.3 Å². The molecule has 0 spiro atoms. The van der Waals surface area contributed by atoms with Crippen molar-refractivity contribution in [2.75, 3.05) is 6.61 Å². The number of para-hydroxylation sites is 1. The smallest absolute Gasteiger partial charge is 0.273 e. The lowest BCUT2D eigenvalue weighted by molar-refractivity contribution is -0.123. The van der Waals surface area contributed by atoms with E-state index in [1.54, 1.807) is 13.8 Å². The monoisotopic (exact) mass is 402 g/mol. The molecule has 1 heterocycles. The number of amides is 2. The van der Waals surface area contributed by atoms with Crippen molar-refractivity contribution in [3.63, 3.8) is 0 Å². The number of aliphatic hydroxyl groups excluding tert-OH is 2. The number of nitrogens with two attached hydrogens (primary N) is 1. The minimum atomic E-state index is -1.02. The maximum absolute atomic E-state index is 13.0. The third-order valence-corrected chi connectivity index (χ3v) is 5.87. The number of rotatable bonds is 7. The van der Waals surface area contributed by atoms with Gasteiger partial charge < -0.3 is 21.3 Å². The lowest BCUT2D eigenvalue weighted by Gasteiger charge is -2.30. The molecule has 2 aromatic rings. The molecule has 1 aliphatic rings. The predicted octanol–water partition coefficient (Wildman–Crippen LogP) is 1.19. The van der Waals surface area contributed by atoms with Crippen LogP contribution in [-0.2, 0) is 11.3 Å². The van der Waals surface area contributed by atoms with Gasteiger partial charge in [-0.25, -0.2) is 0 Å². The van der Waals surface area contributed by atoms with Crippen LogP contribution in [0.3, 0.4) is 0 Å². The Balaban J connectivity index is 1.87. The summed E-state index contributed by atoms with van der Waals surface area (Å²) in [5, 5.41) is 27.2. The number of hydrogen-bond donors (Lipinski definition) is 4. The van der Waals surface area contributed by atoms with Crippen LogP contribution in [-0.4, -0.2) is 50.6 Å². The standard InChI is InChI=1S/C21H30N4O4/c1-21(2,12-26)18(19(22)28)23-20(29)17-15-5-3-4-6-16(15)25(24-17)11-13-7-9-14(27)10-8-13/h3-6,13-14,18,26-27H,7-12H2,1-2H3,(H2,22,28)(H,23,29)/t13?,14?,18-/m1/s1. The fraction of sp³-hybridized carbons (Fsp3) is 0.571. The summed E-state index contributed by atoms with van der Waals surface area (Å²) in [6.45, 7) is 3.69. The number of carbonyl (C=O) groups is 2. The van der Waals surface area contributed by atoms with Crippen LogP contribution in [0.1, 0.15) is 50.0 Å². The van der Waals surface area contributed by atoms with Crippen LogP contribution < -0.4 is 11.1 Å². The molecular weight excluding hydrogens is 372 g/mol. The van der Waals surface area contributed by atoms with E-state index in [0.717, 1.165) is 31.2 Å². The van der Waals surface area contributed by atoms with Gasteiger partial charge in [-0.3, -0.25) is 14.3 Å². The Kier molecular flexibility index (Phi) is 6.24. The summed E-state index contributed by atoms with van der Waals surface area (Å²) in [5.41, 5.74) is 5.65. The van der Waals surface area contributed by atoms with Gasteiger partial charge >= 0.3 is 0 Å². The fourth-order valence-electron chi connectivity index (χ4n) is 3.95. The molecule has 29 heavy (non-hydrogen) atoms. The topological polar surface area (TPSA) is 130 Å².